The summed E-state index contributed by atoms with van der Waals surface area (Å²) in [5, 5.41) is 0. The average Bonchev–Trinajstić information content (AvgIpc) is 3.05. The number of fused-ring (bicyclic) bond motifs is 5. The van der Waals surface area contributed by atoms with E-state index in [1.54, 1.807) is 19.1 Å². The summed E-state index contributed by atoms with van der Waals surface area (Å²) in [5.41, 5.74) is 1.21. The van der Waals surface area contributed by atoms with Gasteiger partial charge >= 0.3 is 0 Å². The largest absolute Gasteiger partial charge is 0.300 e. The maximum Gasteiger partial charge on any atom is 0.297 e. The summed E-state index contributed by atoms with van der Waals surface area (Å²) >= 11 is 0. The lowest BCUT2D eigenvalue weighted by molar-refractivity contribution is -0.137. The van der Waals surface area contributed by atoms with Crippen LogP contribution in [0, 0.1) is 47.3 Å². The van der Waals surface area contributed by atoms with E-state index < -0.39 is 16.2 Å². The number of benzene rings is 1. The van der Waals surface area contributed by atoms with Gasteiger partial charge in [0.05, 0.1) is 11.0 Å². The number of rotatable bonds is 4. The fourth-order valence-electron chi connectivity index (χ4n) is 8.98. The molecule has 4 aliphatic rings. The highest BCUT2D eigenvalue weighted by atomic mass is 32.2. The van der Waals surface area contributed by atoms with Crippen LogP contribution in [0.4, 0.5) is 0 Å². The van der Waals surface area contributed by atoms with Gasteiger partial charge in [-0.05, 0) is 105 Å². The van der Waals surface area contributed by atoms with Crippen LogP contribution in [0.5, 0.6) is 0 Å². The number of hydrogen-bond acceptors (Lipinski definition) is 4. The van der Waals surface area contributed by atoms with Gasteiger partial charge in [-0.15, -0.1) is 0 Å². The molecule has 4 saturated carbocycles. The molecule has 0 aromatic heterocycles. The summed E-state index contributed by atoms with van der Waals surface area (Å²) in [7, 11) is -3.87. The quantitative estimate of drug-likeness (QED) is 0.481. The smallest absolute Gasteiger partial charge is 0.297 e. The Bertz CT molecular complexity index is 1010. The van der Waals surface area contributed by atoms with Crippen LogP contribution in [-0.2, 0) is 19.1 Å². The number of ketones is 1. The maximum atomic E-state index is 13.3. The summed E-state index contributed by atoms with van der Waals surface area (Å²) in [5.74, 6) is 2.08. The Balaban J connectivity index is 1.50. The lowest BCUT2D eigenvalue weighted by Crippen LogP contribution is -2.54. The van der Waals surface area contributed by atoms with Gasteiger partial charge in [0, 0.05) is 5.92 Å². The highest BCUT2D eigenvalue weighted by Gasteiger charge is 2.64. The molecule has 0 bridgehead atoms. The summed E-state index contributed by atoms with van der Waals surface area (Å²) in [6.07, 6.45) is 10.0. The summed E-state index contributed by atoms with van der Waals surface area (Å²) < 4.78 is 32.7. The molecule has 0 saturated heterocycles. The van der Waals surface area contributed by atoms with Crippen molar-refractivity contribution in [3.05, 3.63) is 29.8 Å². The first-order valence-corrected chi connectivity index (χ1v) is 14.5. The first-order chi connectivity index (χ1) is 15.6. The van der Waals surface area contributed by atoms with E-state index in [1.165, 1.54) is 38.5 Å². The van der Waals surface area contributed by atoms with Crippen LogP contribution in [0.3, 0.4) is 0 Å². The molecule has 5 heteroatoms. The fraction of sp³-hybridized carbons (Fsp3) is 0.750. The molecular weight excluding hydrogens is 432 g/mol. The second-order valence-electron chi connectivity index (χ2n) is 12.2. The third-order valence-electron chi connectivity index (χ3n) is 10.6. The summed E-state index contributed by atoms with van der Waals surface area (Å²) in [6, 6.07) is 6.91. The van der Waals surface area contributed by atoms with Crippen molar-refractivity contribution < 1.29 is 17.4 Å². The van der Waals surface area contributed by atoms with Crippen molar-refractivity contribution in [3.8, 4) is 0 Å². The summed E-state index contributed by atoms with van der Waals surface area (Å²) in [4.78, 5) is 13.0. The van der Waals surface area contributed by atoms with Crippen molar-refractivity contribution in [2.45, 2.75) is 96.5 Å². The van der Waals surface area contributed by atoms with Crippen LogP contribution in [0.15, 0.2) is 29.2 Å². The molecule has 1 aromatic carbocycles. The molecule has 5 rings (SSSR count). The zero-order valence-electron chi connectivity index (χ0n) is 20.7. The monoisotopic (exact) mass is 472 g/mol. The molecule has 8 atom stereocenters. The Labute approximate surface area is 200 Å². The Kier molecular flexibility index (Phi) is 5.84. The van der Waals surface area contributed by atoms with Gasteiger partial charge in [0.15, 0.2) is 0 Å². The van der Waals surface area contributed by atoms with E-state index in [9.17, 15) is 13.2 Å². The molecule has 0 amide bonds. The first kappa shape index (κ1) is 23.5. The lowest BCUT2D eigenvalue weighted by Gasteiger charge is -2.60. The van der Waals surface area contributed by atoms with Gasteiger partial charge in [-0.25, -0.2) is 0 Å². The maximum absolute atomic E-state index is 13.3. The van der Waals surface area contributed by atoms with Crippen LogP contribution in [-0.4, -0.2) is 20.3 Å². The molecule has 0 radical (unpaired) electrons. The van der Waals surface area contributed by atoms with Gasteiger partial charge in [-0.3, -0.25) is 8.98 Å². The first-order valence-electron chi connectivity index (χ1n) is 13.1. The van der Waals surface area contributed by atoms with Crippen molar-refractivity contribution in [3.63, 3.8) is 0 Å². The highest BCUT2D eigenvalue weighted by Crippen LogP contribution is 2.68. The number of carbonyl (C=O) groups excluding carboxylic acids is 1. The molecule has 4 nitrogen and oxygen atoms in total. The third-order valence-corrected chi connectivity index (χ3v) is 11.9. The molecule has 4 fully saturated rings. The number of hydrogen-bond donors (Lipinski definition) is 0. The zero-order valence-corrected chi connectivity index (χ0v) is 21.5. The van der Waals surface area contributed by atoms with Crippen LogP contribution in [0.2, 0.25) is 0 Å². The van der Waals surface area contributed by atoms with E-state index in [2.05, 4.69) is 13.8 Å². The molecule has 2 unspecified atom stereocenters. The van der Waals surface area contributed by atoms with Gasteiger partial charge in [-0.1, -0.05) is 44.4 Å². The summed E-state index contributed by atoms with van der Waals surface area (Å²) in [6.45, 7) is 8.42. The van der Waals surface area contributed by atoms with Crippen molar-refractivity contribution >= 4 is 15.9 Å². The minimum absolute atomic E-state index is 0.112. The van der Waals surface area contributed by atoms with E-state index >= 15 is 0 Å². The lowest BCUT2D eigenvalue weighted by atomic mass is 9.44. The van der Waals surface area contributed by atoms with E-state index in [0.29, 0.717) is 23.7 Å². The number of carbonyl (C=O) groups is 1. The minimum atomic E-state index is -3.87. The Morgan fingerprint density at radius 1 is 0.970 bits per heavy atom. The van der Waals surface area contributed by atoms with Gasteiger partial charge in [0.1, 0.15) is 5.78 Å². The van der Waals surface area contributed by atoms with Crippen LogP contribution >= 0.6 is 0 Å². The highest BCUT2D eigenvalue weighted by molar-refractivity contribution is 7.86. The van der Waals surface area contributed by atoms with Crippen LogP contribution in [0.1, 0.15) is 84.1 Å². The predicted octanol–water partition coefficient (Wildman–Crippen LogP) is 6.32. The molecule has 1 aromatic rings. The van der Waals surface area contributed by atoms with Gasteiger partial charge in [0.2, 0.25) is 0 Å². The van der Waals surface area contributed by atoms with E-state index in [1.807, 2.05) is 19.1 Å². The van der Waals surface area contributed by atoms with Crippen molar-refractivity contribution in [1.29, 1.82) is 0 Å². The SMILES string of the molecule is CC(=O)[C@H]1CC(OS(=O)(=O)c2ccc(C)cc2)[C@H]2[C@@H]3CCC4CCCC[C@]4(C)[C@H]3CC[C@]12C. The van der Waals surface area contributed by atoms with E-state index in [-0.39, 0.29) is 27.9 Å². The molecule has 0 heterocycles. The molecule has 33 heavy (non-hydrogen) atoms. The van der Waals surface area contributed by atoms with Crippen molar-refractivity contribution in [1.82, 2.24) is 0 Å². The fourth-order valence-corrected chi connectivity index (χ4v) is 10.1. The number of Topliss-reactive ketones (excluding diaryl/α,β-unsaturated/α-hetero) is 1. The Morgan fingerprint density at radius 2 is 1.70 bits per heavy atom. The minimum Gasteiger partial charge on any atom is -0.300 e. The van der Waals surface area contributed by atoms with Crippen LogP contribution in [0.25, 0.3) is 0 Å². The van der Waals surface area contributed by atoms with E-state index in [4.69, 9.17) is 4.18 Å². The molecule has 182 valence electrons. The normalized spacial score (nSPS) is 42.8. The molecule has 0 spiro atoms. The van der Waals surface area contributed by atoms with Gasteiger partial charge in [-0.2, -0.15) is 8.42 Å². The standard InChI is InChI=1S/C28H40O4S/c1-18-8-11-21(12-9-18)33(30,31)32-25-17-24(19(2)29)28(4)16-14-23-22(26(25)28)13-10-20-7-5-6-15-27(20,23)3/h8-9,11-12,20,22-26H,5-7,10,13-17H2,1-4H3/t20?,22-,23+,24-,25?,26-,27+,28-/m1/s1. The third kappa shape index (κ3) is 3.73. The second-order valence-corrected chi connectivity index (χ2v) is 13.7. The van der Waals surface area contributed by atoms with Gasteiger partial charge in [0.25, 0.3) is 10.1 Å². The zero-order chi connectivity index (χ0) is 23.6. The Morgan fingerprint density at radius 3 is 2.39 bits per heavy atom. The van der Waals surface area contributed by atoms with Crippen molar-refractivity contribution in [2.24, 2.45) is 40.4 Å². The topological polar surface area (TPSA) is 60.4 Å². The van der Waals surface area contributed by atoms with Gasteiger partial charge < -0.3 is 0 Å². The van der Waals surface area contributed by atoms with Crippen molar-refractivity contribution in [2.75, 3.05) is 0 Å². The molecule has 0 aliphatic heterocycles. The van der Waals surface area contributed by atoms with E-state index in [0.717, 1.165) is 24.3 Å². The molecular formula is C28H40O4S. The molecule has 0 N–H and O–H groups in total. The number of aryl methyl sites for hydroxylation is 1. The second kappa shape index (κ2) is 8.19. The predicted molar refractivity (Wildman–Crippen MR) is 129 cm³/mol. The Hall–Kier alpha value is -1.20. The molecule has 4 aliphatic carbocycles. The average molecular weight is 473 g/mol. The van der Waals surface area contributed by atoms with Crippen LogP contribution < -0.4 is 0 Å².